The molecule has 2 rings (SSSR count). The van der Waals surface area contributed by atoms with Gasteiger partial charge in [0.2, 0.25) is 0 Å². The maximum atomic E-state index is 12.8. The molecule has 44 heavy (non-hydrogen) atoms. The Hall–Kier alpha value is -2.85. The van der Waals surface area contributed by atoms with Crippen LogP contribution in [0.5, 0.6) is 5.75 Å². The van der Waals surface area contributed by atoms with Crippen molar-refractivity contribution in [3.63, 3.8) is 0 Å². The fourth-order valence-electron chi connectivity index (χ4n) is 3.81. The van der Waals surface area contributed by atoms with E-state index >= 15 is 0 Å². The zero-order valence-corrected chi connectivity index (χ0v) is 27.3. The number of hydrogen-bond acceptors (Lipinski definition) is 13. The summed E-state index contributed by atoms with van der Waals surface area (Å²) in [6.45, 7) is 7.74. The number of nitrogens with two attached hydrogens (primary N) is 1. The lowest BCUT2D eigenvalue weighted by Crippen LogP contribution is -2.52. The third-order valence-corrected chi connectivity index (χ3v) is 8.50. The predicted molar refractivity (Wildman–Crippen MR) is 169 cm³/mol. The van der Waals surface area contributed by atoms with Gasteiger partial charge in [-0.2, -0.15) is 0 Å². The molecule has 0 saturated carbocycles. The van der Waals surface area contributed by atoms with E-state index in [-0.39, 0.29) is 49.6 Å². The topological polar surface area (TPSA) is 184 Å². The quantitative estimate of drug-likeness (QED) is 0.0993. The Morgan fingerprint density at radius 2 is 1.68 bits per heavy atom. The van der Waals surface area contributed by atoms with Crippen LogP contribution >= 0.6 is 21.6 Å². The molecule has 1 aliphatic rings. The Balaban J connectivity index is 1.63. The average molecular weight is 657 g/mol. The lowest BCUT2D eigenvalue weighted by Gasteiger charge is -2.23. The lowest BCUT2D eigenvalue weighted by atomic mass is 9.99. The minimum atomic E-state index is -0.918. The number of ketones is 2. The lowest BCUT2D eigenvalue weighted by molar-refractivity contribution is -0.123. The molecule has 0 aromatic heterocycles. The molecule has 0 radical (unpaired) electrons. The smallest absolute Gasteiger partial charge is 0.444 e. The van der Waals surface area contributed by atoms with Gasteiger partial charge in [0, 0.05) is 30.2 Å². The predicted octanol–water partition coefficient (Wildman–Crippen LogP) is 2.85. The van der Waals surface area contributed by atoms with Crippen molar-refractivity contribution >= 4 is 51.3 Å². The van der Waals surface area contributed by atoms with E-state index in [1.54, 1.807) is 20.8 Å². The van der Waals surface area contributed by atoms with Crippen LogP contribution in [0.3, 0.4) is 0 Å². The summed E-state index contributed by atoms with van der Waals surface area (Å²) in [5.41, 5.74) is 5.85. The van der Waals surface area contributed by atoms with E-state index < -0.39 is 36.0 Å². The third kappa shape index (κ3) is 15.2. The van der Waals surface area contributed by atoms with Crippen LogP contribution in [0.25, 0.3) is 0 Å². The molecule has 3 atom stereocenters. The van der Waals surface area contributed by atoms with Crippen LogP contribution < -0.4 is 26.4 Å². The highest BCUT2D eigenvalue weighted by atomic mass is 33.1. The summed E-state index contributed by atoms with van der Waals surface area (Å²) in [5, 5.41) is 8.57. The molecule has 1 aromatic carbocycles. The highest BCUT2D eigenvalue weighted by Crippen LogP contribution is 2.25. The van der Waals surface area contributed by atoms with Gasteiger partial charge in [-0.1, -0.05) is 21.6 Å². The van der Waals surface area contributed by atoms with Gasteiger partial charge in [-0.3, -0.25) is 19.7 Å². The molecule has 1 fully saturated rings. The minimum Gasteiger partial charge on any atom is -0.444 e. The Kier molecular flexibility index (Phi) is 16.6. The van der Waals surface area contributed by atoms with Crippen molar-refractivity contribution in [3.8, 4) is 5.75 Å². The van der Waals surface area contributed by atoms with Gasteiger partial charge in [0.05, 0.1) is 31.3 Å². The Morgan fingerprint density at radius 3 is 2.36 bits per heavy atom. The molecule has 1 heterocycles. The van der Waals surface area contributed by atoms with Crippen molar-refractivity contribution in [2.24, 2.45) is 5.73 Å². The second kappa shape index (κ2) is 19.5. The summed E-state index contributed by atoms with van der Waals surface area (Å²) in [5.74, 6) is 0.881. The average Bonchev–Trinajstić information content (AvgIpc) is 3.01. The fraction of sp³-hybridized carbons (Fsp3) is 0.621. The van der Waals surface area contributed by atoms with Crippen molar-refractivity contribution in [2.75, 3.05) is 44.4 Å². The van der Waals surface area contributed by atoms with E-state index in [0.717, 1.165) is 0 Å². The molecule has 1 aromatic rings. The molecule has 13 nitrogen and oxygen atoms in total. The number of rotatable bonds is 14. The van der Waals surface area contributed by atoms with Crippen molar-refractivity contribution in [1.82, 2.24) is 16.0 Å². The Morgan fingerprint density at radius 1 is 0.977 bits per heavy atom. The first-order valence-electron chi connectivity index (χ1n) is 14.4. The maximum absolute atomic E-state index is 12.8. The van der Waals surface area contributed by atoms with E-state index in [2.05, 4.69) is 16.0 Å². The molecular formula is C29H44N4O9S2. The molecule has 5 N–H and O–H groups in total. The highest BCUT2D eigenvalue weighted by molar-refractivity contribution is 8.76. The number of benzene rings is 1. The normalized spacial score (nSPS) is 19.1. The summed E-state index contributed by atoms with van der Waals surface area (Å²) >= 11 is 0. The molecule has 2 amide bonds. The van der Waals surface area contributed by atoms with Gasteiger partial charge in [-0.25, -0.2) is 9.59 Å². The van der Waals surface area contributed by atoms with Crippen molar-refractivity contribution < 1.29 is 42.9 Å². The van der Waals surface area contributed by atoms with Crippen LogP contribution in [-0.4, -0.2) is 97.9 Å². The van der Waals surface area contributed by atoms with E-state index in [1.807, 2.05) is 0 Å². The number of unbranched alkanes of at least 4 members (excludes halogenated alkanes) is 1. The maximum Gasteiger partial charge on any atom is 0.513 e. The first kappa shape index (κ1) is 37.3. The van der Waals surface area contributed by atoms with Gasteiger partial charge in [0.25, 0.3) is 5.91 Å². The van der Waals surface area contributed by atoms with Crippen molar-refractivity contribution in [3.05, 3.63) is 29.8 Å². The SMILES string of the molecule is CC(=O)C1CSSCC(N)C(=O)[C@H](CCCCNC(=O)c2ccc(OC(=O)OCCOCCNC(=O)OC(C)(C)C)cc2)N1. The monoisotopic (exact) mass is 656 g/mol. The number of ether oxygens (including phenoxy) is 4. The standard InChI is InChI=1S/C29H44N4O9S2/c1-19(34)24-18-44-43-17-22(30)25(35)23(33-24)7-5-6-12-31-26(36)20-8-10-21(11-9-20)41-28(38)40-16-15-39-14-13-32-27(37)42-29(2,3)4/h8-11,22-24,33H,5-7,12-18,30H2,1-4H3,(H,31,36)(H,32,37)/t22?,23-,24?/m0/s1. The van der Waals surface area contributed by atoms with E-state index in [0.29, 0.717) is 42.9 Å². The molecular weight excluding hydrogens is 612 g/mol. The number of amides is 2. The molecule has 1 aliphatic heterocycles. The van der Waals surface area contributed by atoms with Gasteiger partial charge >= 0.3 is 12.2 Å². The molecule has 1 saturated heterocycles. The fourth-order valence-corrected chi connectivity index (χ4v) is 6.21. The third-order valence-electron chi connectivity index (χ3n) is 6.05. The van der Waals surface area contributed by atoms with Crippen LogP contribution in [0.1, 0.15) is 57.3 Å². The summed E-state index contributed by atoms with van der Waals surface area (Å²) in [6, 6.07) is 4.51. The largest absolute Gasteiger partial charge is 0.513 e. The summed E-state index contributed by atoms with van der Waals surface area (Å²) in [6.07, 6.45) is 0.351. The second-order valence-corrected chi connectivity index (χ2v) is 13.5. The molecule has 0 aliphatic carbocycles. The zero-order chi connectivity index (χ0) is 32.5. The number of hydrogen-bond donors (Lipinski definition) is 4. The van der Waals surface area contributed by atoms with Crippen molar-refractivity contribution in [1.29, 1.82) is 0 Å². The van der Waals surface area contributed by atoms with Gasteiger partial charge in [-0.15, -0.1) is 0 Å². The van der Waals surface area contributed by atoms with Crippen LogP contribution in [0.15, 0.2) is 24.3 Å². The van der Waals surface area contributed by atoms with Gasteiger partial charge in [0.1, 0.15) is 23.7 Å². The first-order valence-corrected chi connectivity index (χ1v) is 16.9. The van der Waals surface area contributed by atoms with Crippen LogP contribution in [0.2, 0.25) is 0 Å². The van der Waals surface area contributed by atoms with Crippen LogP contribution in [0, 0.1) is 0 Å². The minimum absolute atomic E-state index is 0.0141. The zero-order valence-electron chi connectivity index (χ0n) is 25.7. The summed E-state index contributed by atoms with van der Waals surface area (Å²) in [4.78, 5) is 60.7. The number of carbonyl (C=O) groups is 5. The Bertz CT molecular complexity index is 1100. The highest BCUT2D eigenvalue weighted by Gasteiger charge is 2.29. The molecule has 246 valence electrons. The second-order valence-electron chi connectivity index (χ2n) is 11.0. The molecule has 2 unspecified atom stereocenters. The molecule has 0 bridgehead atoms. The summed E-state index contributed by atoms with van der Waals surface area (Å²) < 4.78 is 20.4. The van der Waals surface area contributed by atoms with Gasteiger partial charge in [0.15, 0.2) is 5.78 Å². The number of carbonyl (C=O) groups excluding carboxylic acids is 5. The van der Waals surface area contributed by atoms with E-state index in [4.69, 9.17) is 24.7 Å². The number of alkyl carbamates (subject to hydrolysis) is 1. The number of nitrogens with one attached hydrogen (secondary N) is 3. The first-order chi connectivity index (χ1) is 20.9. The van der Waals surface area contributed by atoms with E-state index in [1.165, 1.54) is 52.8 Å². The number of Topliss-reactive ketones (excluding diaryl/α,β-unsaturated/α-hetero) is 2. The summed E-state index contributed by atoms with van der Waals surface area (Å²) in [7, 11) is 3.04. The Labute approximate surface area is 266 Å². The van der Waals surface area contributed by atoms with Gasteiger partial charge < -0.3 is 35.3 Å². The van der Waals surface area contributed by atoms with Crippen molar-refractivity contribution in [2.45, 2.75) is 70.7 Å². The molecule has 0 spiro atoms. The van der Waals surface area contributed by atoms with E-state index in [9.17, 15) is 24.0 Å². The van der Waals surface area contributed by atoms with Crippen LogP contribution in [-0.2, 0) is 23.8 Å². The molecule has 15 heteroatoms. The van der Waals surface area contributed by atoms with Gasteiger partial charge in [-0.05, 0) is 71.2 Å². The van der Waals surface area contributed by atoms with Crippen LogP contribution in [0.4, 0.5) is 9.59 Å².